The molecule has 0 aliphatic rings. The molecule has 0 aliphatic heterocycles. The van der Waals surface area contributed by atoms with Gasteiger partial charge in [0.15, 0.2) is 0 Å². The molecular formula is C21H38. The van der Waals surface area contributed by atoms with Crippen LogP contribution in [0.4, 0.5) is 0 Å². The fraction of sp³-hybridized carbons (Fsp3) is 0.714. The molecule has 0 radical (unpaired) electrons. The standard InChI is InChI=1S/C21H38/c1-8-18(7)21(17(5)6)14-12-13-20(11-4)16-15-19(9-2)10-3/h9,15-18,21H,2,8,10-14H2,1,3-7H3/b19-15+,20-16+. The van der Waals surface area contributed by atoms with Crippen molar-refractivity contribution < 1.29 is 0 Å². The summed E-state index contributed by atoms with van der Waals surface area (Å²) in [5.41, 5.74) is 2.91. The Morgan fingerprint density at radius 1 is 1.00 bits per heavy atom. The highest BCUT2D eigenvalue weighted by molar-refractivity contribution is 5.24. The maximum absolute atomic E-state index is 3.87. The fourth-order valence-electron chi connectivity index (χ4n) is 3.08. The number of hydrogen-bond donors (Lipinski definition) is 0. The Balaban J connectivity index is 4.49. The summed E-state index contributed by atoms with van der Waals surface area (Å²) in [5, 5.41) is 0. The van der Waals surface area contributed by atoms with Gasteiger partial charge >= 0.3 is 0 Å². The van der Waals surface area contributed by atoms with Crippen molar-refractivity contribution in [3.05, 3.63) is 36.0 Å². The molecule has 0 aromatic carbocycles. The third-order valence-corrected chi connectivity index (χ3v) is 4.92. The van der Waals surface area contributed by atoms with E-state index in [2.05, 4.69) is 60.3 Å². The molecule has 122 valence electrons. The highest BCUT2D eigenvalue weighted by Crippen LogP contribution is 2.29. The highest BCUT2D eigenvalue weighted by Gasteiger charge is 2.18. The van der Waals surface area contributed by atoms with Gasteiger partial charge in [-0.2, -0.15) is 0 Å². The van der Waals surface area contributed by atoms with Crippen LogP contribution >= 0.6 is 0 Å². The predicted octanol–water partition coefficient (Wildman–Crippen LogP) is 7.33. The molecule has 2 atom stereocenters. The van der Waals surface area contributed by atoms with Crippen LogP contribution in [0.15, 0.2) is 36.0 Å². The molecule has 2 unspecified atom stereocenters. The Labute approximate surface area is 134 Å². The van der Waals surface area contributed by atoms with Gasteiger partial charge in [-0.15, -0.1) is 0 Å². The van der Waals surface area contributed by atoms with Crippen molar-refractivity contribution in [1.82, 2.24) is 0 Å². The largest absolute Gasteiger partial charge is 0.0988 e. The molecule has 0 spiro atoms. The van der Waals surface area contributed by atoms with Gasteiger partial charge in [-0.05, 0) is 55.4 Å². The summed E-state index contributed by atoms with van der Waals surface area (Å²) in [7, 11) is 0. The molecule has 0 nitrogen and oxygen atoms in total. The molecule has 0 amide bonds. The average molecular weight is 291 g/mol. The SMILES string of the molecule is C=C/C(=C\C=C(/CC)CCCC(C(C)C)C(C)CC)CC. The Hall–Kier alpha value is -0.780. The first kappa shape index (κ1) is 20.2. The first-order valence-electron chi connectivity index (χ1n) is 9.00. The lowest BCUT2D eigenvalue weighted by atomic mass is 9.79. The monoisotopic (exact) mass is 290 g/mol. The minimum atomic E-state index is 0.807. The van der Waals surface area contributed by atoms with Crippen LogP contribution < -0.4 is 0 Å². The summed E-state index contributed by atoms with van der Waals surface area (Å²) in [6.07, 6.45) is 14.0. The molecule has 0 aliphatic carbocycles. The molecule has 0 bridgehead atoms. The number of hydrogen-bond acceptors (Lipinski definition) is 0. The normalized spacial score (nSPS) is 16.1. The quantitative estimate of drug-likeness (QED) is 0.349. The number of rotatable bonds is 11. The maximum atomic E-state index is 3.87. The summed E-state index contributed by atoms with van der Waals surface area (Å²) < 4.78 is 0. The van der Waals surface area contributed by atoms with Gasteiger partial charge in [-0.25, -0.2) is 0 Å². The Morgan fingerprint density at radius 3 is 2.10 bits per heavy atom. The smallest absolute Gasteiger partial charge is 0.0308 e. The summed E-state index contributed by atoms with van der Waals surface area (Å²) in [5.74, 6) is 2.54. The van der Waals surface area contributed by atoms with Crippen LogP contribution in [0, 0.1) is 17.8 Å². The van der Waals surface area contributed by atoms with Crippen molar-refractivity contribution in [2.45, 2.75) is 80.1 Å². The van der Waals surface area contributed by atoms with E-state index in [0.29, 0.717) is 0 Å². The zero-order chi connectivity index (χ0) is 16.3. The van der Waals surface area contributed by atoms with E-state index in [1.807, 2.05) is 6.08 Å². The zero-order valence-corrected chi connectivity index (χ0v) is 15.4. The second-order valence-electron chi connectivity index (χ2n) is 6.66. The third kappa shape index (κ3) is 8.29. The molecule has 0 heteroatoms. The number of allylic oxidation sites excluding steroid dienone is 5. The summed E-state index contributed by atoms with van der Waals surface area (Å²) in [6, 6.07) is 0. The predicted molar refractivity (Wildman–Crippen MR) is 98.6 cm³/mol. The lowest BCUT2D eigenvalue weighted by Gasteiger charge is -2.27. The molecule has 0 saturated carbocycles. The second-order valence-corrected chi connectivity index (χ2v) is 6.66. The van der Waals surface area contributed by atoms with E-state index in [4.69, 9.17) is 0 Å². The molecular weight excluding hydrogens is 252 g/mol. The van der Waals surface area contributed by atoms with Crippen LogP contribution in [0.1, 0.15) is 80.1 Å². The van der Waals surface area contributed by atoms with E-state index in [1.165, 1.54) is 37.7 Å². The molecule has 0 N–H and O–H groups in total. The van der Waals surface area contributed by atoms with Crippen LogP contribution in [0.2, 0.25) is 0 Å². The average Bonchev–Trinajstić information content (AvgIpc) is 2.49. The van der Waals surface area contributed by atoms with Crippen LogP contribution in [0.3, 0.4) is 0 Å². The highest BCUT2D eigenvalue weighted by atomic mass is 14.2. The minimum Gasteiger partial charge on any atom is -0.0988 e. The van der Waals surface area contributed by atoms with E-state index in [0.717, 1.165) is 24.2 Å². The van der Waals surface area contributed by atoms with Gasteiger partial charge in [0, 0.05) is 0 Å². The van der Waals surface area contributed by atoms with Gasteiger partial charge in [-0.3, -0.25) is 0 Å². The van der Waals surface area contributed by atoms with Gasteiger partial charge in [-0.1, -0.05) is 78.3 Å². The van der Waals surface area contributed by atoms with Crippen molar-refractivity contribution in [2.75, 3.05) is 0 Å². The Morgan fingerprint density at radius 2 is 1.67 bits per heavy atom. The van der Waals surface area contributed by atoms with Crippen LogP contribution in [0.5, 0.6) is 0 Å². The molecule has 0 rings (SSSR count). The van der Waals surface area contributed by atoms with Gasteiger partial charge < -0.3 is 0 Å². The lowest BCUT2D eigenvalue weighted by molar-refractivity contribution is 0.242. The maximum Gasteiger partial charge on any atom is -0.0308 e. The molecule has 0 aromatic rings. The molecule has 0 heterocycles. The second kappa shape index (κ2) is 11.8. The van der Waals surface area contributed by atoms with Gasteiger partial charge in [0.2, 0.25) is 0 Å². The van der Waals surface area contributed by atoms with E-state index < -0.39 is 0 Å². The summed E-state index contributed by atoms with van der Waals surface area (Å²) in [6.45, 7) is 17.8. The van der Waals surface area contributed by atoms with Crippen molar-refractivity contribution >= 4 is 0 Å². The summed E-state index contributed by atoms with van der Waals surface area (Å²) >= 11 is 0. The Kier molecular flexibility index (Phi) is 11.4. The van der Waals surface area contributed by atoms with Crippen molar-refractivity contribution in [1.29, 1.82) is 0 Å². The third-order valence-electron chi connectivity index (χ3n) is 4.92. The van der Waals surface area contributed by atoms with Gasteiger partial charge in [0.25, 0.3) is 0 Å². The van der Waals surface area contributed by atoms with E-state index >= 15 is 0 Å². The van der Waals surface area contributed by atoms with Crippen LogP contribution in [0.25, 0.3) is 0 Å². The first-order valence-corrected chi connectivity index (χ1v) is 9.00. The van der Waals surface area contributed by atoms with Crippen molar-refractivity contribution in [2.24, 2.45) is 17.8 Å². The molecule has 0 aromatic heterocycles. The molecule has 21 heavy (non-hydrogen) atoms. The first-order chi connectivity index (χ1) is 9.99. The fourth-order valence-corrected chi connectivity index (χ4v) is 3.08. The molecule has 0 saturated heterocycles. The van der Waals surface area contributed by atoms with Crippen LogP contribution in [-0.2, 0) is 0 Å². The zero-order valence-electron chi connectivity index (χ0n) is 15.4. The Bertz CT molecular complexity index is 330. The molecule has 0 fully saturated rings. The van der Waals surface area contributed by atoms with Crippen molar-refractivity contribution in [3.8, 4) is 0 Å². The van der Waals surface area contributed by atoms with Gasteiger partial charge in [0.1, 0.15) is 0 Å². The van der Waals surface area contributed by atoms with E-state index in [9.17, 15) is 0 Å². The lowest BCUT2D eigenvalue weighted by Crippen LogP contribution is -2.17. The van der Waals surface area contributed by atoms with Gasteiger partial charge in [0.05, 0.1) is 0 Å². The van der Waals surface area contributed by atoms with E-state index in [1.54, 1.807) is 5.57 Å². The van der Waals surface area contributed by atoms with Crippen LogP contribution in [-0.4, -0.2) is 0 Å². The summed E-state index contributed by atoms with van der Waals surface area (Å²) in [4.78, 5) is 0. The van der Waals surface area contributed by atoms with Crippen molar-refractivity contribution in [3.63, 3.8) is 0 Å². The minimum absolute atomic E-state index is 0.807. The topological polar surface area (TPSA) is 0 Å². The van der Waals surface area contributed by atoms with E-state index in [-0.39, 0.29) is 0 Å².